The second-order valence-electron chi connectivity index (χ2n) is 3.77. The molecule has 3 nitrogen and oxygen atoms in total. The molecule has 2 atom stereocenters. The molecule has 0 spiro atoms. The molecule has 0 heterocycles. The second-order valence-corrected chi connectivity index (χ2v) is 7.02. The fourth-order valence-corrected chi connectivity index (χ4v) is 2.18. The summed E-state index contributed by atoms with van der Waals surface area (Å²) in [6.45, 7) is 1.24. The molecule has 0 saturated carbocycles. The predicted octanol–water partition coefficient (Wildman–Crippen LogP) is 2.19. The average molecular weight is 329 g/mol. The van der Waals surface area contributed by atoms with Gasteiger partial charge in [0.15, 0.2) is 9.84 Å². The van der Waals surface area contributed by atoms with Gasteiger partial charge in [-0.25, -0.2) is 17.2 Å². The number of halogens is 3. The van der Waals surface area contributed by atoms with Gasteiger partial charge >= 0.3 is 0 Å². The van der Waals surface area contributed by atoms with Crippen LogP contribution in [-0.4, -0.2) is 25.0 Å². The molecule has 1 aromatic rings. The zero-order valence-corrected chi connectivity index (χ0v) is 11.5. The molecule has 0 amide bonds. The smallest absolute Gasteiger partial charge is 0.152 e. The fraction of sp³-hybridized carbons (Fsp3) is 0.400. The number of sulfone groups is 1. The first-order valence-corrected chi connectivity index (χ1v) is 7.40. The molecule has 2 unspecified atom stereocenters. The Morgan fingerprint density at radius 1 is 1.29 bits per heavy atom. The summed E-state index contributed by atoms with van der Waals surface area (Å²) in [7, 11) is -3.54. The molecule has 0 saturated heterocycles. The average Bonchev–Trinajstić information content (AvgIpc) is 2.20. The summed E-state index contributed by atoms with van der Waals surface area (Å²) < 4.78 is 49.0. The maximum absolute atomic E-state index is 13.5. The highest BCUT2D eigenvalue weighted by atomic mass is 79.9. The number of aliphatic hydroxyl groups excluding tert-OH is 1. The number of aliphatic hydroxyl groups is 1. The van der Waals surface area contributed by atoms with Crippen LogP contribution < -0.4 is 0 Å². The first kappa shape index (κ1) is 14.5. The molecule has 17 heavy (non-hydrogen) atoms. The summed E-state index contributed by atoms with van der Waals surface area (Å²) in [5.41, 5.74) is -0.372. The van der Waals surface area contributed by atoms with Crippen molar-refractivity contribution in [2.24, 2.45) is 0 Å². The van der Waals surface area contributed by atoms with Gasteiger partial charge in [0.1, 0.15) is 11.6 Å². The highest BCUT2D eigenvalue weighted by molar-refractivity contribution is 9.10. The van der Waals surface area contributed by atoms with Crippen molar-refractivity contribution in [2.45, 2.75) is 18.3 Å². The van der Waals surface area contributed by atoms with Crippen molar-refractivity contribution in [3.8, 4) is 0 Å². The molecule has 1 rings (SSSR count). The third kappa shape index (κ3) is 3.23. The molecule has 96 valence electrons. The zero-order valence-electron chi connectivity index (χ0n) is 9.12. The first-order chi connectivity index (χ1) is 7.64. The maximum atomic E-state index is 13.5. The van der Waals surface area contributed by atoms with Crippen LogP contribution in [0.25, 0.3) is 0 Å². The molecular weight excluding hydrogens is 318 g/mol. The number of rotatable bonds is 3. The van der Waals surface area contributed by atoms with Gasteiger partial charge in [0, 0.05) is 11.8 Å². The van der Waals surface area contributed by atoms with Crippen molar-refractivity contribution in [2.75, 3.05) is 6.26 Å². The molecular formula is C10H11BrF2O3S. The quantitative estimate of drug-likeness (QED) is 0.865. The first-order valence-electron chi connectivity index (χ1n) is 4.66. The van der Waals surface area contributed by atoms with Crippen molar-refractivity contribution < 1.29 is 22.3 Å². The van der Waals surface area contributed by atoms with E-state index in [-0.39, 0.29) is 10.0 Å². The van der Waals surface area contributed by atoms with E-state index < -0.39 is 32.8 Å². The third-order valence-electron chi connectivity index (χ3n) is 2.48. The number of benzene rings is 1. The Bertz CT molecular complexity index is 531. The minimum Gasteiger partial charge on any atom is -0.387 e. The maximum Gasteiger partial charge on any atom is 0.152 e. The van der Waals surface area contributed by atoms with E-state index in [9.17, 15) is 22.3 Å². The lowest BCUT2D eigenvalue weighted by atomic mass is 10.1. The molecule has 0 aliphatic carbocycles. The van der Waals surface area contributed by atoms with Crippen LogP contribution in [0.15, 0.2) is 16.6 Å². The topological polar surface area (TPSA) is 54.4 Å². The molecule has 1 aromatic carbocycles. The Morgan fingerprint density at radius 2 is 1.82 bits per heavy atom. The Labute approximate surface area is 107 Å². The lowest BCUT2D eigenvalue weighted by Gasteiger charge is -2.18. The molecule has 0 aliphatic rings. The predicted molar refractivity (Wildman–Crippen MR) is 63.3 cm³/mol. The van der Waals surface area contributed by atoms with E-state index in [0.717, 1.165) is 18.4 Å². The summed E-state index contributed by atoms with van der Waals surface area (Å²) in [6, 6.07) is 1.63. The van der Waals surface area contributed by atoms with Crippen LogP contribution in [0, 0.1) is 11.6 Å². The highest BCUT2D eigenvalue weighted by Crippen LogP contribution is 2.28. The molecule has 0 aromatic heterocycles. The minimum absolute atomic E-state index is 0.0852. The SMILES string of the molecule is CC(C(O)c1cc(F)c(Br)cc1F)S(C)(=O)=O. The molecule has 0 bridgehead atoms. The Hall–Kier alpha value is -0.530. The van der Waals surface area contributed by atoms with Gasteiger partial charge in [-0.05, 0) is 35.0 Å². The van der Waals surface area contributed by atoms with E-state index >= 15 is 0 Å². The van der Waals surface area contributed by atoms with Crippen molar-refractivity contribution in [3.05, 3.63) is 33.8 Å². The third-order valence-corrected chi connectivity index (χ3v) is 4.69. The number of hydrogen-bond acceptors (Lipinski definition) is 3. The zero-order chi connectivity index (χ0) is 13.4. The van der Waals surface area contributed by atoms with Crippen molar-refractivity contribution in [1.29, 1.82) is 0 Å². The highest BCUT2D eigenvalue weighted by Gasteiger charge is 2.28. The summed E-state index contributed by atoms with van der Waals surface area (Å²) in [5, 5.41) is 8.51. The van der Waals surface area contributed by atoms with Crippen LogP contribution in [-0.2, 0) is 9.84 Å². The number of hydrogen-bond donors (Lipinski definition) is 1. The van der Waals surface area contributed by atoms with Crippen LogP contribution in [0.2, 0.25) is 0 Å². The fourth-order valence-electron chi connectivity index (χ4n) is 1.25. The summed E-state index contributed by atoms with van der Waals surface area (Å²) in [4.78, 5) is 0. The molecule has 1 N–H and O–H groups in total. The van der Waals surface area contributed by atoms with E-state index in [1.165, 1.54) is 6.92 Å². The van der Waals surface area contributed by atoms with Crippen LogP contribution in [0.5, 0.6) is 0 Å². The minimum atomic E-state index is -3.54. The van der Waals surface area contributed by atoms with Crippen molar-refractivity contribution in [1.82, 2.24) is 0 Å². The normalized spacial score (nSPS) is 15.6. The van der Waals surface area contributed by atoms with Gasteiger partial charge in [-0.3, -0.25) is 0 Å². The van der Waals surface area contributed by atoms with Gasteiger partial charge in [-0.1, -0.05) is 0 Å². The van der Waals surface area contributed by atoms with E-state index in [1.54, 1.807) is 0 Å². The van der Waals surface area contributed by atoms with Gasteiger partial charge in [-0.15, -0.1) is 0 Å². The lowest BCUT2D eigenvalue weighted by molar-refractivity contribution is 0.171. The van der Waals surface area contributed by atoms with Crippen LogP contribution in [0.1, 0.15) is 18.6 Å². The largest absolute Gasteiger partial charge is 0.387 e. The molecule has 0 radical (unpaired) electrons. The second kappa shape index (κ2) is 4.99. The van der Waals surface area contributed by atoms with Crippen molar-refractivity contribution >= 4 is 25.8 Å². The van der Waals surface area contributed by atoms with Crippen LogP contribution in [0.3, 0.4) is 0 Å². The molecule has 0 aliphatic heterocycles. The Kier molecular flexibility index (Phi) is 4.27. The van der Waals surface area contributed by atoms with Gasteiger partial charge in [0.05, 0.1) is 15.8 Å². The van der Waals surface area contributed by atoms with E-state index in [2.05, 4.69) is 15.9 Å². The van der Waals surface area contributed by atoms with E-state index in [1.807, 2.05) is 0 Å². The standard InChI is InChI=1S/C10H11BrF2O3S/c1-5(17(2,15)16)10(14)6-3-9(13)7(11)4-8(6)12/h3-5,10,14H,1-2H3. The summed E-state index contributed by atoms with van der Waals surface area (Å²) in [6.07, 6.45) is -0.679. The Morgan fingerprint density at radius 3 is 2.29 bits per heavy atom. The van der Waals surface area contributed by atoms with Crippen LogP contribution >= 0.6 is 15.9 Å². The van der Waals surface area contributed by atoms with E-state index in [0.29, 0.717) is 0 Å². The Balaban J connectivity index is 3.22. The summed E-state index contributed by atoms with van der Waals surface area (Å²) in [5.74, 6) is -1.62. The van der Waals surface area contributed by atoms with Crippen LogP contribution in [0.4, 0.5) is 8.78 Å². The monoisotopic (exact) mass is 328 g/mol. The lowest BCUT2D eigenvalue weighted by Crippen LogP contribution is -2.25. The van der Waals surface area contributed by atoms with Gasteiger partial charge in [0.2, 0.25) is 0 Å². The van der Waals surface area contributed by atoms with Crippen molar-refractivity contribution in [3.63, 3.8) is 0 Å². The van der Waals surface area contributed by atoms with Gasteiger partial charge < -0.3 is 5.11 Å². The van der Waals surface area contributed by atoms with Gasteiger partial charge in [0.25, 0.3) is 0 Å². The van der Waals surface area contributed by atoms with Gasteiger partial charge in [-0.2, -0.15) is 0 Å². The molecule has 7 heteroatoms. The summed E-state index contributed by atoms with van der Waals surface area (Å²) >= 11 is 2.79. The molecule has 0 fully saturated rings. The van der Waals surface area contributed by atoms with E-state index in [4.69, 9.17) is 0 Å².